The van der Waals surface area contributed by atoms with Crippen LogP contribution in [-0.2, 0) is 11.3 Å². The van der Waals surface area contributed by atoms with Crippen LogP contribution in [0.15, 0.2) is 24.3 Å². The molecule has 0 atom stereocenters. The summed E-state index contributed by atoms with van der Waals surface area (Å²) in [6.07, 6.45) is 0.559. The van der Waals surface area contributed by atoms with Gasteiger partial charge in [0.25, 0.3) is 5.91 Å². The van der Waals surface area contributed by atoms with Gasteiger partial charge in [0.2, 0.25) is 5.91 Å². The van der Waals surface area contributed by atoms with Crippen molar-refractivity contribution in [2.24, 2.45) is 0 Å². The first-order valence-corrected chi connectivity index (χ1v) is 9.29. The first-order valence-electron chi connectivity index (χ1n) is 9.29. The second kappa shape index (κ2) is 8.38. The predicted molar refractivity (Wildman–Crippen MR) is 102 cm³/mol. The predicted octanol–water partition coefficient (Wildman–Crippen LogP) is 1.92. The lowest BCUT2D eigenvalue weighted by molar-refractivity contribution is -0.386. The molecule has 1 aromatic heterocycles. The molecule has 2 heterocycles. The molecule has 0 aliphatic carbocycles. The highest BCUT2D eigenvalue weighted by Gasteiger charge is 2.27. The monoisotopic (exact) mass is 403 g/mol. The van der Waals surface area contributed by atoms with Crippen LogP contribution in [0, 0.1) is 29.8 Å². The highest BCUT2D eigenvalue weighted by Crippen LogP contribution is 2.22. The van der Waals surface area contributed by atoms with Crippen molar-refractivity contribution in [3.05, 3.63) is 57.1 Å². The molecule has 10 heteroatoms. The van der Waals surface area contributed by atoms with Gasteiger partial charge in [0.05, 0.1) is 10.5 Å². The number of carbonyl (C=O) groups excluding carboxylic acids is 2. The van der Waals surface area contributed by atoms with Gasteiger partial charge in [-0.1, -0.05) is 12.1 Å². The van der Waals surface area contributed by atoms with E-state index < -0.39 is 16.6 Å². The fourth-order valence-corrected chi connectivity index (χ4v) is 3.51. The number of hydrogen-bond acceptors (Lipinski definition) is 5. The van der Waals surface area contributed by atoms with E-state index in [9.17, 15) is 24.1 Å². The molecule has 154 valence electrons. The topological polar surface area (TPSA) is 102 Å². The lowest BCUT2D eigenvalue weighted by atomic mass is 10.2. The highest BCUT2D eigenvalue weighted by molar-refractivity contribution is 5.94. The fraction of sp³-hybridized carbons (Fsp3) is 0.421. The van der Waals surface area contributed by atoms with Gasteiger partial charge in [-0.25, -0.2) is 4.39 Å². The maximum atomic E-state index is 13.9. The first kappa shape index (κ1) is 20.4. The minimum atomic E-state index is -0.569. The minimum absolute atomic E-state index is 0.0160. The SMILES string of the molecule is Cc1nn(CC(=O)N2CCCN(C(=O)c3ccccc3F)CC2)c(C)c1[N+](=O)[O-]. The number of halogens is 1. The van der Waals surface area contributed by atoms with E-state index in [1.807, 2.05) is 0 Å². The Morgan fingerprint density at radius 2 is 1.79 bits per heavy atom. The van der Waals surface area contributed by atoms with Gasteiger partial charge in [-0.05, 0) is 32.4 Å². The zero-order chi connectivity index (χ0) is 21.1. The van der Waals surface area contributed by atoms with Crippen molar-refractivity contribution in [3.8, 4) is 0 Å². The number of carbonyl (C=O) groups is 2. The Balaban J connectivity index is 1.66. The molecule has 0 unspecified atom stereocenters. The number of amides is 2. The van der Waals surface area contributed by atoms with Gasteiger partial charge < -0.3 is 9.80 Å². The van der Waals surface area contributed by atoms with Crippen molar-refractivity contribution in [1.29, 1.82) is 0 Å². The van der Waals surface area contributed by atoms with E-state index in [0.29, 0.717) is 31.7 Å². The van der Waals surface area contributed by atoms with E-state index in [0.717, 1.165) is 0 Å². The van der Waals surface area contributed by atoms with Crippen LogP contribution in [0.5, 0.6) is 0 Å². The quantitative estimate of drug-likeness (QED) is 0.573. The van der Waals surface area contributed by atoms with Gasteiger partial charge in [-0.15, -0.1) is 0 Å². The average molecular weight is 403 g/mol. The summed E-state index contributed by atoms with van der Waals surface area (Å²) in [5.41, 5.74) is 0.516. The third-order valence-electron chi connectivity index (χ3n) is 5.05. The fourth-order valence-electron chi connectivity index (χ4n) is 3.51. The van der Waals surface area contributed by atoms with E-state index in [1.54, 1.807) is 22.8 Å². The molecule has 0 spiro atoms. The molecule has 0 bridgehead atoms. The average Bonchev–Trinajstić information content (AvgIpc) is 2.85. The van der Waals surface area contributed by atoms with Gasteiger partial charge in [-0.2, -0.15) is 5.10 Å². The first-order chi connectivity index (χ1) is 13.8. The van der Waals surface area contributed by atoms with Crippen molar-refractivity contribution in [2.75, 3.05) is 26.2 Å². The number of aryl methyl sites for hydroxylation is 1. The van der Waals surface area contributed by atoms with Crippen molar-refractivity contribution in [1.82, 2.24) is 19.6 Å². The van der Waals surface area contributed by atoms with E-state index in [-0.39, 0.29) is 35.9 Å². The van der Waals surface area contributed by atoms with Gasteiger partial charge >= 0.3 is 5.69 Å². The third kappa shape index (κ3) is 4.25. The third-order valence-corrected chi connectivity index (χ3v) is 5.05. The molecule has 0 N–H and O–H groups in total. The Hall–Kier alpha value is -3.30. The van der Waals surface area contributed by atoms with Gasteiger partial charge in [-0.3, -0.25) is 24.4 Å². The maximum absolute atomic E-state index is 13.9. The number of benzene rings is 1. The zero-order valence-corrected chi connectivity index (χ0v) is 16.3. The standard InChI is InChI=1S/C19H22FN5O4/c1-13-18(25(28)29)14(2)24(21-13)12-17(26)22-8-5-9-23(11-10-22)19(27)15-6-3-4-7-16(15)20/h3-4,6-7H,5,8-12H2,1-2H3. The van der Waals surface area contributed by atoms with Crippen LogP contribution < -0.4 is 0 Å². The maximum Gasteiger partial charge on any atom is 0.312 e. The zero-order valence-electron chi connectivity index (χ0n) is 16.3. The van der Waals surface area contributed by atoms with Crippen molar-refractivity contribution < 1.29 is 18.9 Å². The van der Waals surface area contributed by atoms with Crippen LogP contribution in [0.3, 0.4) is 0 Å². The van der Waals surface area contributed by atoms with Crippen LogP contribution in [0.25, 0.3) is 0 Å². The molecular formula is C19H22FN5O4. The minimum Gasteiger partial charge on any atom is -0.339 e. The molecule has 0 saturated carbocycles. The second-order valence-electron chi connectivity index (χ2n) is 6.94. The number of hydrogen-bond donors (Lipinski definition) is 0. The van der Waals surface area contributed by atoms with Crippen molar-refractivity contribution >= 4 is 17.5 Å². The molecule has 0 radical (unpaired) electrons. The summed E-state index contributed by atoms with van der Waals surface area (Å²) < 4.78 is 15.2. The molecule has 29 heavy (non-hydrogen) atoms. The molecule has 2 aromatic rings. The lowest BCUT2D eigenvalue weighted by Gasteiger charge is -2.22. The summed E-state index contributed by atoms with van der Waals surface area (Å²) >= 11 is 0. The molecule has 9 nitrogen and oxygen atoms in total. The summed E-state index contributed by atoms with van der Waals surface area (Å²) in [4.78, 5) is 39.1. The van der Waals surface area contributed by atoms with Crippen LogP contribution in [0.4, 0.5) is 10.1 Å². The number of nitro groups is 1. The summed E-state index contributed by atoms with van der Waals surface area (Å²) in [6, 6.07) is 5.82. The Morgan fingerprint density at radius 1 is 1.14 bits per heavy atom. The van der Waals surface area contributed by atoms with E-state index in [2.05, 4.69) is 5.10 Å². The molecule has 3 rings (SSSR count). The Labute approximate surface area is 166 Å². The largest absolute Gasteiger partial charge is 0.339 e. The van der Waals surface area contributed by atoms with Crippen molar-refractivity contribution in [2.45, 2.75) is 26.8 Å². The van der Waals surface area contributed by atoms with Crippen LogP contribution in [0.1, 0.15) is 28.2 Å². The summed E-state index contributed by atoms with van der Waals surface area (Å²) in [5, 5.41) is 15.2. The normalized spacial score (nSPS) is 14.6. The Kier molecular flexibility index (Phi) is 5.90. The van der Waals surface area contributed by atoms with Crippen molar-refractivity contribution in [3.63, 3.8) is 0 Å². The number of rotatable bonds is 4. The lowest BCUT2D eigenvalue weighted by Crippen LogP contribution is -2.39. The number of aromatic nitrogens is 2. The molecule has 2 amide bonds. The molecule has 1 aromatic carbocycles. The van der Waals surface area contributed by atoms with Gasteiger partial charge in [0.15, 0.2) is 0 Å². The summed E-state index contributed by atoms with van der Waals surface area (Å²) in [7, 11) is 0. The Morgan fingerprint density at radius 3 is 2.45 bits per heavy atom. The highest BCUT2D eigenvalue weighted by atomic mass is 19.1. The van der Waals surface area contributed by atoms with E-state index in [1.165, 1.54) is 29.8 Å². The van der Waals surface area contributed by atoms with Crippen LogP contribution in [0.2, 0.25) is 0 Å². The van der Waals surface area contributed by atoms with Gasteiger partial charge in [0, 0.05) is 26.2 Å². The molecule has 1 aliphatic heterocycles. The van der Waals surface area contributed by atoms with E-state index >= 15 is 0 Å². The smallest absolute Gasteiger partial charge is 0.312 e. The molecule has 1 aliphatic rings. The van der Waals surface area contributed by atoms with Crippen LogP contribution >= 0.6 is 0 Å². The Bertz CT molecular complexity index is 958. The summed E-state index contributed by atoms with van der Waals surface area (Å²) in [6.45, 7) is 4.44. The van der Waals surface area contributed by atoms with E-state index in [4.69, 9.17) is 0 Å². The summed E-state index contributed by atoms with van der Waals surface area (Å²) in [5.74, 6) is -1.20. The number of nitrogens with zero attached hydrogens (tertiary/aromatic N) is 5. The van der Waals surface area contributed by atoms with Crippen LogP contribution in [-0.4, -0.2) is 62.5 Å². The van der Waals surface area contributed by atoms with Gasteiger partial charge in [0.1, 0.15) is 23.7 Å². The second-order valence-corrected chi connectivity index (χ2v) is 6.94. The molecule has 1 saturated heterocycles. The molecule has 1 fully saturated rings. The molecular weight excluding hydrogens is 381 g/mol.